The molecule has 0 amide bonds. The quantitative estimate of drug-likeness (QED) is 0.532. The molecule has 1 heterocycles. The fraction of sp³-hybridized carbons (Fsp3) is 0.143. The van der Waals surface area contributed by atoms with Crippen LogP contribution in [-0.4, -0.2) is 4.98 Å². The number of nitrogens with zero attached hydrogens (tertiary/aromatic N) is 2. The van der Waals surface area contributed by atoms with Gasteiger partial charge in [0.15, 0.2) is 6.19 Å². The van der Waals surface area contributed by atoms with Crippen LogP contribution in [0.4, 0.5) is 0 Å². The Morgan fingerprint density at radius 1 is 1.64 bits per heavy atom. The molecule has 0 aliphatic carbocycles. The first-order valence-corrected chi connectivity index (χ1v) is 2.94. The number of halogens is 1. The summed E-state index contributed by atoms with van der Waals surface area (Å²) < 4.78 is 0. The second-order valence-corrected chi connectivity index (χ2v) is 1.83. The molecule has 0 aliphatic heterocycles. The molecule has 1 N–H and O–H groups in total. The third-order valence-electron chi connectivity index (χ3n) is 1.09. The number of aromatic nitrogens is 1. The summed E-state index contributed by atoms with van der Waals surface area (Å²) in [4.78, 5) is 3.89. The molecule has 0 bridgehead atoms. The van der Waals surface area contributed by atoms with Gasteiger partial charge in [0.05, 0.1) is 6.54 Å². The summed E-state index contributed by atoms with van der Waals surface area (Å²) >= 11 is 0. The molecule has 0 aliphatic rings. The lowest BCUT2D eigenvalue weighted by molar-refractivity contribution is 0.877. The van der Waals surface area contributed by atoms with E-state index in [9.17, 15) is 0 Å². The van der Waals surface area contributed by atoms with Crippen molar-refractivity contribution in [1.82, 2.24) is 10.3 Å². The summed E-state index contributed by atoms with van der Waals surface area (Å²) in [5, 5.41) is 10.7. The summed E-state index contributed by atoms with van der Waals surface area (Å²) in [5.74, 6) is 0. The fourth-order valence-electron chi connectivity index (χ4n) is 0.644. The van der Waals surface area contributed by atoms with Gasteiger partial charge in [-0.3, -0.25) is 4.98 Å². The Morgan fingerprint density at radius 2 is 2.45 bits per heavy atom. The molecule has 1 aromatic rings. The molecule has 3 nitrogen and oxygen atoms in total. The number of rotatable bonds is 2. The molecular weight excluding hydrogens is 162 g/mol. The molecule has 0 radical (unpaired) electrons. The monoisotopic (exact) mass is 169 g/mol. The smallest absolute Gasteiger partial charge is 0.176 e. The van der Waals surface area contributed by atoms with Crippen molar-refractivity contribution < 1.29 is 0 Å². The molecule has 0 spiro atoms. The van der Waals surface area contributed by atoms with Gasteiger partial charge in [-0.05, 0) is 11.6 Å². The van der Waals surface area contributed by atoms with Crippen LogP contribution in [0.5, 0.6) is 0 Å². The second-order valence-electron chi connectivity index (χ2n) is 1.83. The first-order valence-electron chi connectivity index (χ1n) is 2.94. The predicted molar refractivity (Wildman–Crippen MR) is 43.9 cm³/mol. The average molecular weight is 170 g/mol. The van der Waals surface area contributed by atoms with E-state index >= 15 is 0 Å². The summed E-state index contributed by atoms with van der Waals surface area (Å²) in [7, 11) is 0. The van der Waals surface area contributed by atoms with Gasteiger partial charge in [-0.2, -0.15) is 5.26 Å². The van der Waals surface area contributed by atoms with Crippen LogP contribution in [0.3, 0.4) is 0 Å². The van der Waals surface area contributed by atoms with Crippen molar-refractivity contribution in [3.8, 4) is 6.19 Å². The van der Waals surface area contributed by atoms with Gasteiger partial charge in [-0.25, -0.2) is 0 Å². The Morgan fingerprint density at radius 3 is 3.00 bits per heavy atom. The van der Waals surface area contributed by atoms with Crippen molar-refractivity contribution in [2.45, 2.75) is 6.54 Å². The zero-order valence-electron chi connectivity index (χ0n) is 5.82. The molecule has 1 rings (SSSR count). The topological polar surface area (TPSA) is 48.7 Å². The zero-order chi connectivity index (χ0) is 7.23. The maximum Gasteiger partial charge on any atom is 0.176 e. The van der Waals surface area contributed by atoms with E-state index in [1.165, 1.54) is 0 Å². The molecule has 1 aromatic heterocycles. The van der Waals surface area contributed by atoms with Crippen LogP contribution in [0.2, 0.25) is 0 Å². The van der Waals surface area contributed by atoms with E-state index < -0.39 is 0 Å². The number of hydrogen-bond donors (Lipinski definition) is 1. The zero-order valence-corrected chi connectivity index (χ0v) is 6.64. The Bertz CT molecular complexity index is 229. The minimum atomic E-state index is 0. The van der Waals surface area contributed by atoms with Crippen molar-refractivity contribution in [2.75, 3.05) is 0 Å². The molecule has 0 unspecified atom stereocenters. The van der Waals surface area contributed by atoms with Gasteiger partial charge < -0.3 is 5.32 Å². The molecule has 0 saturated carbocycles. The van der Waals surface area contributed by atoms with Gasteiger partial charge in [0.1, 0.15) is 0 Å². The van der Waals surface area contributed by atoms with Crippen molar-refractivity contribution in [1.29, 1.82) is 5.26 Å². The van der Waals surface area contributed by atoms with Gasteiger partial charge in [0.2, 0.25) is 0 Å². The van der Waals surface area contributed by atoms with Crippen LogP contribution < -0.4 is 5.32 Å². The normalized spacial score (nSPS) is 7.55. The van der Waals surface area contributed by atoms with E-state index in [4.69, 9.17) is 5.26 Å². The van der Waals surface area contributed by atoms with E-state index in [-0.39, 0.29) is 12.4 Å². The second kappa shape index (κ2) is 5.51. The SMILES string of the molecule is Cl.N#CNCc1cccnc1. The fourth-order valence-corrected chi connectivity index (χ4v) is 0.644. The van der Waals surface area contributed by atoms with Crippen LogP contribution in [0.15, 0.2) is 24.5 Å². The summed E-state index contributed by atoms with van der Waals surface area (Å²) in [6, 6.07) is 3.76. The minimum Gasteiger partial charge on any atom is -0.319 e. The highest BCUT2D eigenvalue weighted by Gasteiger charge is 1.86. The third-order valence-corrected chi connectivity index (χ3v) is 1.09. The molecule has 58 valence electrons. The van der Waals surface area contributed by atoms with E-state index in [1.54, 1.807) is 12.4 Å². The molecule has 4 heteroatoms. The number of nitriles is 1. The Hall–Kier alpha value is -1.27. The minimum absolute atomic E-state index is 0. The van der Waals surface area contributed by atoms with Gasteiger partial charge in [0, 0.05) is 12.4 Å². The molecule has 0 atom stereocenters. The van der Waals surface area contributed by atoms with Gasteiger partial charge in [-0.1, -0.05) is 6.07 Å². The lowest BCUT2D eigenvalue weighted by Crippen LogP contribution is -2.04. The molecule has 11 heavy (non-hydrogen) atoms. The van der Waals surface area contributed by atoms with Gasteiger partial charge >= 0.3 is 0 Å². The van der Waals surface area contributed by atoms with E-state index in [1.807, 2.05) is 18.3 Å². The van der Waals surface area contributed by atoms with Gasteiger partial charge in [0.25, 0.3) is 0 Å². The number of hydrogen-bond acceptors (Lipinski definition) is 3. The van der Waals surface area contributed by atoms with Crippen molar-refractivity contribution >= 4 is 12.4 Å². The molecule has 0 saturated heterocycles. The van der Waals surface area contributed by atoms with Crippen LogP contribution in [0, 0.1) is 11.5 Å². The third kappa shape index (κ3) is 3.43. The van der Waals surface area contributed by atoms with Crippen LogP contribution in [0.25, 0.3) is 0 Å². The Balaban J connectivity index is 0.000001000. The predicted octanol–water partition coefficient (Wildman–Crippen LogP) is 1.07. The average Bonchev–Trinajstić information content (AvgIpc) is 2.03. The van der Waals surface area contributed by atoms with Crippen molar-refractivity contribution in [3.63, 3.8) is 0 Å². The van der Waals surface area contributed by atoms with Crippen molar-refractivity contribution in [3.05, 3.63) is 30.1 Å². The summed E-state index contributed by atoms with van der Waals surface area (Å²) in [6.45, 7) is 0.560. The lowest BCUT2D eigenvalue weighted by Gasteiger charge is -1.94. The Kier molecular flexibility index (Phi) is 4.87. The first-order chi connectivity index (χ1) is 4.93. The summed E-state index contributed by atoms with van der Waals surface area (Å²) in [5.41, 5.74) is 1.02. The van der Waals surface area contributed by atoms with Crippen molar-refractivity contribution in [2.24, 2.45) is 0 Å². The van der Waals surface area contributed by atoms with E-state index in [0.717, 1.165) is 5.56 Å². The largest absolute Gasteiger partial charge is 0.319 e. The molecule has 0 fully saturated rings. The van der Waals surface area contributed by atoms with Gasteiger partial charge in [-0.15, -0.1) is 12.4 Å². The molecule has 0 aromatic carbocycles. The highest BCUT2D eigenvalue weighted by Crippen LogP contribution is 1.92. The highest BCUT2D eigenvalue weighted by molar-refractivity contribution is 5.85. The number of pyridine rings is 1. The first kappa shape index (κ1) is 9.73. The van der Waals surface area contributed by atoms with E-state index in [2.05, 4.69) is 10.3 Å². The van der Waals surface area contributed by atoms with E-state index in [0.29, 0.717) is 6.54 Å². The maximum absolute atomic E-state index is 8.15. The van der Waals surface area contributed by atoms with Crippen LogP contribution >= 0.6 is 12.4 Å². The Labute approximate surface area is 71.5 Å². The molecular formula is C7H8ClN3. The van der Waals surface area contributed by atoms with Crippen LogP contribution in [-0.2, 0) is 6.54 Å². The lowest BCUT2D eigenvalue weighted by atomic mass is 10.3. The summed E-state index contributed by atoms with van der Waals surface area (Å²) in [6.07, 6.45) is 5.27. The maximum atomic E-state index is 8.15. The highest BCUT2D eigenvalue weighted by atomic mass is 35.5. The van der Waals surface area contributed by atoms with Crippen LogP contribution in [0.1, 0.15) is 5.56 Å². The number of nitrogens with one attached hydrogen (secondary N) is 1. The standard InChI is InChI=1S/C7H7N3.ClH/c8-6-10-5-7-2-1-3-9-4-7;/h1-4,10H,5H2;1H.